The van der Waals surface area contributed by atoms with E-state index in [1.54, 1.807) is 18.3 Å². The fraction of sp³-hybridized carbons (Fsp3) is 0.130. The lowest BCUT2D eigenvalue weighted by atomic mass is 9.99. The van der Waals surface area contributed by atoms with Crippen LogP contribution in [-0.2, 0) is 0 Å². The van der Waals surface area contributed by atoms with Gasteiger partial charge in [-0.05, 0) is 66.8 Å². The number of rotatable bonds is 4. The monoisotopic (exact) mass is 387 g/mol. The quantitative estimate of drug-likeness (QED) is 0.517. The highest BCUT2D eigenvalue weighted by Crippen LogP contribution is 2.44. The van der Waals surface area contributed by atoms with Gasteiger partial charge in [0, 0.05) is 29.0 Å². The molecule has 5 rings (SSSR count). The van der Waals surface area contributed by atoms with E-state index in [2.05, 4.69) is 4.98 Å². The van der Waals surface area contributed by atoms with E-state index in [1.807, 2.05) is 35.0 Å². The molecule has 2 heterocycles. The number of carboxylic acid groups (broad SMARTS) is 1. The summed E-state index contributed by atoms with van der Waals surface area (Å²) in [6.07, 6.45) is 5.65. The summed E-state index contributed by atoms with van der Waals surface area (Å²) >= 11 is 0. The minimum absolute atomic E-state index is 0.0618. The number of carboxylic acids is 1. The van der Waals surface area contributed by atoms with Crippen LogP contribution in [-0.4, -0.2) is 20.6 Å². The van der Waals surface area contributed by atoms with Gasteiger partial charge in [-0.3, -0.25) is 4.98 Å². The molecule has 4 aromatic rings. The molecule has 2 aromatic carbocycles. The second kappa shape index (κ2) is 6.44. The molecule has 0 saturated heterocycles. The number of halogens is 1. The average Bonchev–Trinajstić information content (AvgIpc) is 3.46. The largest absolute Gasteiger partial charge is 0.478 e. The van der Waals surface area contributed by atoms with Crippen molar-refractivity contribution in [3.8, 4) is 16.9 Å². The third-order valence-electron chi connectivity index (χ3n) is 5.45. The first kappa shape index (κ1) is 17.4. The Balaban J connectivity index is 1.62. The van der Waals surface area contributed by atoms with E-state index < -0.39 is 5.97 Å². The van der Waals surface area contributed by atoms with Crippen molar-refractivity contribution < 1.29 is 14.3 Å². The van der Waals surface area contributed by atoms with Crippen LogP contribution in [0.1, 0.15) is 34.7 Å². The number of fused-ring (bicyclic) bond motifs is 1. The molecule has 0 bridgehead atoms. The second-order valence-electron chi connectivity index (χ2n) is 7.37. The minimum atomic E-state index is -1.07. The Hall–Kier alpha value is -3.67. The number of nitrogen functional groups attached to an aromatic ring is 1. The molecule has 1 fully saturated rings. The number of hydrogen-bond acceptors (Lipinski definition) is 3. The highest BCUT2D eigenvalue weighted by Gasteiger charge is 2.30. The topological polar surface area (TPSA) is 81.1 Å². The first-order chi connectivity index (χ1) is 14.0. The van der Waals surface area contributed by atoms with Gasteiger partial charge in [-0.2, -0.15) is 0 Å². The first-order valence-electron chi connectivity index (χ1n) is 9.42. The van der Waals surface area contributed by atoms with E-state index in [0.29, 0.717) is 22.9 Å². The van der Waals surface area contributed by atoms with Gasteiger partial charge in [0.1, 0.15) is 11.4 Å². The Morgan fingerprint density at radius 1 is 1.14 bits per heavy atom. The molecule has 1 aliphatic rings. The van der Waals surface area contributed by atoms with Crippen molar-refractivity contribution in [2.45, 2.75) is 18.8 Å². The number of aromatic nitrogens is 2. The van der Waals surface area contributed by atoms with Crippen molar-refractivity contribution in [3.05, 3.63) is 77.9 Å². The molecular formula is C23H18FN3O2. The van der Waals surface area contributed by atoms with Gasteiger partial charge in [0.2, 0.25) is 0 Å². The predicted octanol–water partition coefficient (Wildman–Crippen LogP) is 4.99. The van der Waals surface area contributed by atoms with E-state index in [1.165, 1.54) is 12.1 Å². The molecule has 0 amide bonds. The number of hydrogen-bond donors (Lipinski definition) is 2. The number of anilines is 1. The van der Waals surface area contributed by atoms with Gasteiger partial charge in [0.05, 0.1) is 16.9 Å². The summed E-state index contributed by atoms with van der Waals surface area (Å²) in [6.45, 7) is 0. The maximum atomic E-state index is 13.2. The molecule has 0 aliphatic heterocycles. The molecule has 3 N–H and O–H groups in total. The van der Waals surface area contributed by atoms with Crippen LogP contribution in [0.2, 0.25) is 0 Å². The van der Waals surface area contributed by atoms with Gasteiger partial charge in [-0.1, -0.05) is 6.07 Å². The normalized spacial score (nSPS) is 13.7. The molecule has 5 nitrogen and oxygen atoms in total. The van der Waals surface area contributed by atoms with Gasteiger partial charge in [0.15, 0.2) is 0 Å². The Bertz CT molecular complexity index is 1260. The smallest absolute Gasteiger partial charge is 0.340 e. The first-order valence-corrected chi connectivity index (χ1v) is 9.42. The van der Waals surface area contributed by atoms with Crippen molar-refractivity contribution in [1.29, 1.82) is 0 Å². The number of nitrogens with zero attached hydrogens (tertiary/aromatic N) is 2. The summed E-state index contributed by atoms with van der Waals surface area (Å²) in [7, 11) is 0. The number of aromatic carboxylic acids is 1. The van der Waals surface area contributed by atoms with Gasteiger partial charge in [-0.15, -0.1) is 0 Å². The van der Waals surface area contributed by atoms with Crippen molar-refractivity contribution >= 4 is 22.6 Å². The standard InChI is InChI=1S/C23H18FN3O2/c24-16-4-6-17(7-5-16)27-10-9-14-11-15(3-8-19(14)27)22-20(23(28)29)21(25)18(12-26-22)13-1-2-13/h3-13H,1-2H2,(H2,25,26)(H,28,29). The SMILES string of the molecule is Nc1c(C2CC2)cnc(-c2ccc3c(ccn3-c3ccc(F)cc3)c2)c1C(=O)O. The summed E-state index contributed by atoms with van der Waals surface area (Å²) in [5.74, 6) is -1.04. The molecule has 1 saturated carbocycles. The second-order valence-corrected chi connectivity index (χ2v) is 7.37. The lowest BCUT2D eigenvalue weighted by molar-refractivity contribution is 0.0698. The minimum Gasteiger partial charge on any atom is -0.478 e. The molecule has 6 heteroatoms. The molecule has 0 radical (unpaired) electrons. The average molecular weight is 387 g/mol. The summed E-state index contributed by atoms with van der Waals surface area (Å²) in [5.41, 5.74) is 10.3. The molecule has 2 aromatic heterocycles. The summed E-state index contributed by atoms with van der Waals surface area (Å²) in [5, 5.41) is 10.7. The highest BCUT2D eigenvalue weighted by atomic mass is 19.1. The van der Waals surface area contributed by atoms with Crippen molar-refractivity contribution in [2.24, 2.45) is 0 Å². The number of pyridine rings is 1. The van der Waals surface area contributed by atoms with Crippen LogP contribution in [0, 0.1) is 5.82 Å². The maximum Gasteiger partial charge on any atom is 0.340 e. The summed E-state index contributed by atoms with van der Waals surface area (Å²) in [6, 6.07) is 13.9. The zero-order chi connectivity index (χ0) is 20.1. The highest BCUT2D eigenvalue weighted by molar-refractivity contribution is 6.02. The molecular weight excluding hydrogens is 369 g/mol. The van der Waals surface area contributed by atoms with Gasteiger partial charge in [-0.25, -0.2) is 9.18 Å². The van der Waals surface area contributed by atoms with Crippen LogP contribution in [0.25, 0.3) is 27.8 Å². The Labute approximate surface area is 166 Å². The number of nitrogens with two attached hydrogens (primary N) is 1. The van der Waals surface area contributed by atoms with Crippen LogP contribution in [0.15, 0.2) is 60.9 Å². The van der Waals surface area contributed by atoms with E-state index >= 15 is 0 Å². The summed E-state index contributed by atoms with van der Waals surface area (Å²) in [4.78, 5) is 16.4. The van der Waals surface area contributed by atoms with Crippen molar-refractivity contribution in [1.82, 2.24) is 9.55 Å². The fourth-order valence-corrected chi connectivity index (χ4v) is 3.81. The van der Waals surface area contributed by atoms with Gasteiger partial charge < -0.3 is 15.4 Å². The molecule has 0 unspecified atom stereocenters. The number of carbonyl (C=O) groups is 1. The van der Waals surface area contributed by atoms with Crippen LogP contribution >= 0.6 is 0 Å². The van der Waals surface area contributed by atoms with E-state index in [0.717, 1.165) is 35.0 Å². The molecule has 0 atom stereocenters. The predicted molar refractivity (Wildman–Crippen MR) is 110 cm³/mol. The Morgan fingerprint density at radius 3 is 2.59 bits per heavy atom. The van der Waals surface area contributed by atoms with Crippen molar-refractivity contribution in [3.63, 3.8) is 0 Å². The zero-order valence-electron chi connectivity index (χ0n) is 15.5. The maximum absolute atomic E-state index is 13.2. The molecule has 0 spiro atoms. The van der Waals surface area contributed by atoms with Crippen LogP contribution < -0.4 is 5.73 Å². The lowest BCUT2D eigenvalue weighted by Gasteiger charge is -2.13. The Kier molecular flexibility index (Phi) is 3.87. The van der Waals surface area contributed by atoms with Gasteiger partial charge >= 0.3 is 5.97 Å². The molecule has 1 aliphatic carbocycles. The zero-order valence-corrected chi connectivity index (χ0v) is 15.5. The van der Waals surface area contributed by atoms with E-state index in [-0.39, 0.29) is 11.4 Å². The summed E-state index contributed by atoms with van der Waals surface area (Å²) < 4.78 is 15.2. The van der Waals surface area contributed by atoms with Gasteiger partial charge in [0.25, 0.3) is 0 Å². The Morgan fingerprint density at radius 2 is 1.90 bits per heavy atom. The van der Waals surface area contributed by atoms with Crippen LogP contribution in [0.3, 0.4) is 0 Å². The van der Waals surface area contributed by atoms with Crippen LogP contribution in [0.5, 0.6) is 0 Å². The van der Waals surface area contributed by atoms with E-state index in [4.69, 9.17) is 5.73 Å². The third-order valence-corrected chi connectivity index (χ3v) is 5.45. The van der Waals surface area contributed by atoms with E-state index in [9.17, 15) is 14.3 Å². The molecule has 29 heavy (non-hydrogen) atoms. The van der Waals surface area contributed by atoms with Crippen molar-refractivity contribution in [2.75, 3.05) is 5.73 Å². The van der Waals surface area contributed by atoms with Crippen LogP contribution in [0.4, 0.5) is 10.1 Å². The number of benzene rings is 2. The third kappa shape index (κ3) is 2.93. The molecule has 144 valence electrons. The fourth-order valence-electron chi connectivity index (χ4n) is 3.81. The lowest BCUT2D eigenvalue weighted by Crippen LogP contribution is -2.09.